The van der Waals surface area contributed by atoms with Crippen molar-refractivity contribution in [2.24, 2.45) is 14.3 Å². The van der Waals surface area contributed by atoms with E-state index < -0.39 is 36.7 Å². The molecule has 3 aliphatic rings. The van der Waals surface area contributed by atoms with Crippen LogP contribution in [0.25, 0.3) is 0 Å². The highest BCUT2D eigenvalue weighted by Crippen LogP contribution is 2.54. The van der Waals surface area contributed by atoms with Crippen molar-refractivity contribution in [3.8, 4) is 0 Å². The summed E-state index contributed by atoms with van der Waals surface area (Å²) in [4.78, 5) is 20.8. The number of nitrogens with zero attached hydrogens (tertiary/aromatic N) is 9. The number of guanidine groups is 3. The minimum atomic E-state index is -4.32. The fourth-order valence-corrected chi connectivity index (χ4v) is 10.7. The van der Waals surface area contributed by atoms with Gasteiger partial charge in [0.05, 0.1) is 51.8 Å². The molecule has 0 amide bonds. The maximum Gasteiger partial charge on any atom is 0.472 e. The van der Waals surface area contributed by atoms with Gasteiger partial charge >= 0.3 is 31.1 Å². The topological polar surface area (TPSA) is 239 Å². The Hall–Kier alpha value is -1.67. The van der Waals surface area contributed by atoms with Crippen LogP contribution in [-0.4, -0.2) is 197 Å². The predicted octanol–water partition coefficient (Wildman–Crippen LogP) is 3.59. The number of aliphatic hydroxyl groups is 1. The van der Waals surface area contributed by atoms with Gasteiger partial charge in [-0.2, -0.15) is 0 Å². The molecule has 0 bridgehead atoms. The molecule has 0 radical (unpaired) electrons. The molecule has 0 aromatic rings. The van der Waals surface area contributed by atoms with E-state index in [-0.39, 0.29) is 78.5 Å². The summed E-state index contributed by atoms with van der Waals surface area (Å²) in [5, 5.41) is 9.19. The molecule has 0 aromatic heterocycles. The Bertz CT molecular complexity index is 1570. The van der Waals surface area contributed by atoms with E-state index in [1.54, 1.807) is 58.8 Å². The number of hydrogen-bond donors (Lipinski definition) is 2. The fraction of sp³-hybridized carbons (Fsp3) is 0.903. The molecule has 4 unspecified atom stereocenters. The van der Waals surface area contributed by atoms with Crippen LogP contribution in [0.3, 0.4) is 0 Å². The lowest BCUT2D eigenvalue weighted by Gasteiger charge is -2.23. The molecule has 23 nitrogen and oxygen atoms in total. The second-order valence-electron chi connectivity index (χ2n) is 14.8. The van der Waals surface area contributed by atoms with Crippen LogP contribution in [0, 0.1) is 0 Å². The van der Waals surface area contributed by atoms with Crippen LogP contribution in [0.2, 0.25) is 0 Å². The third-order valence-electron chi connectivity index (χ3n) is 8.34. The lowest BCUT2D eigenvalue weighted by atomic mass is 10.2. The van der Waals surface area contributed by atoms with Gasteiger partial charge in [-0.05, 0) is 46.5 Å². The summed E-state index contributed by atoms with van der Waals surface area (Å²) >= 11 is 0. The maximum atomic E-state index is 14.0. The summed E-state index contributed by atoms with van der Waals surface area (Å²) in [6.45, 7) is 7.62. The molecule has 0 spiro atoms. The minimum absolute atomic E-state index is 0.0274. The van der Waals surface area contributed by atoms with E-state index in [0.29, 0.717) is 57.1 Å². The normalized spacial score (nSPS) is 20.8. The quantitative estimate of drug-likeness (QED) is 0.0931. The smallest absolute Gasteiger partial charge is 0.396 e. The third kappa shape index (κ3) is 17.4. The first kappa shape index (κ1) is 50.7. The molecule has 338 valence electrons. The molecule has 4 atom stereocenters. The molecule has 0 aromatic carbocycles. The van der Waals surface area contributed by atoms with Gasteiger partial charge in [0.25, 0.3) is 0 Å². The Morgan fingerprint density at radius 3 is 0.966 bits per heavy atom. The van der Waals surface area contributed by atoms with Gasteiger partial charge < -0.3 is 39.4 Å². The molecule has 0 aliphatic carbocycles. The fourth-order valence-electron chi connectivity index (χ4n) is 5.32. The van der Waals surface area contributed by atoms with E-state index >= 15 is 0 Å². The molecule has 3 rings (SSSR count). The maximum absolute atomic E-state index is 14.0. The molecule has 3 aliphatic heterocycles. The number of phosphoric ester groups is 1. The van der Waals surface area contributed by atoms with Crippen LogP contribution in [0.4, 0.5) is 0 Å². The lowest BCUT2D eigenvalue weighted by Crippen LogP contribution is -2.28. The van der Waals surface area contributed by atoms with E-state index in [0.717, 1.165) is 0 Å². The second kappa shape index (κ2) is 23.0. The number of rotatable bonds is 26. The first-order valence-electron chi connectivity index (χ1n) is 19.1. The van der Waals surface area contributed by atoms with Crippen molar-refractivity contribution in [3.63, 3.8) is 0 Å². The zero-order valence-electron chi connectivity index (χ0n) is 35.3. The van der Waals surface area contributed by atoms with Crippen molar-refractivity contribution in [1.29, 1.82) is 0 Å². The monoisotopic (exact) mass is 911 g/mol. The standard InChI is InChI=1S/C31H65N9O14P4/c1-31(2,3)54-58(45,46)53-27-13-26-52-57(44,34-30-39(8)18-19-40(30)9)51-25-12-24-50-56(43,33-29-37(6)16-17-38(29)7)49-23-11-22-48-55(42,47-21-10-20-41)32-28-35(4)14-15-36(28)5/h41H,10-27H2,1-9H3,(H,45,46). The first-order chi connectivity index (χ1) is 27.1. The van der Waals surface area contributed by atoms with Gasteiger partial charge in [0.2, 0.25) is 17.9 Å². The summed E-state index contributed by atoms with van der Waals surface area (Å²) in [5.41, 5.74) is -0.904. The third-order valence-corrected chi connectivity index (χ3v) is 13.9. The highest BCUT2D eigenvalue weighted by Gasteiger charge is 2.34. The predicted molar refractivity (Wildman–Crippen MR) is 219 cm³/mol. The number of hydrogen-bond acceptors (Lipinski definition) is 13. The van der Waals surface area contributed by atoms with Gasteiger partial charge in [-0.15, -0.1) is 14.3 Å². The molecular formula is C31H65N9O14P4. The van der Waals surface area contributed by atoms with Crippen molar-refractivity contribution in [2.45, 2.75) is 52.1 Å². The summed E-state index contributed by atoms with van der Waals surface area (Å²) < 4.78 is 111. The van der Waals surface area contributed by atoms with Crippen LogP contribution in [0.5, 0.6) is 0 Å². The SMILES string of the molecule is CN1CCN(C)C1=NP(=O)(OCCCO)OCCCOP(=O)(N=C1N(C)CCN1C)OCCCOP(=O)(N=C1N(C)CCN1C)OCCCOP(=O)(O)OC(C)(C)C. The summed E-state index contributed by atoms with van der Waals surface area (Å²) in [7, 11) is -5.74. The van der Waals surface area contributed by atoms with E-state index in [9.17, 15) is 28.3 Å². The zero-order valence-corrected chi connectivity index (χ0v) is 38.9. The number of phosphoric acid groups is 1. The van der Waals surface area contributed by atoms with Crippen LogP contribution < -0.4 is 0 Å². The van der Waals surface area contributed by atoms with Gasteiger partial charge in [0.1, 0.15) is 0 Å². The summed E-state index contributed by atoms with van der Waals surface area (Å²) in [6, 6.07) is 0. The lowest BCUT2D eigenvalue weighted by molar-refractivity contribution is 0.0595. The van der Waals surface area contributed by atoms with Crippen LogP contribution in [0.1, 0.15) is 46.5 Å². The van der Waals surface area contributed by atoms with Crippen molar-refractivity contribution in [3.05, 3.63) is 0 Å². The minimum Gasteiger partial charge on any atom is -0.396 e. The highest BCUT2D eigenvalue weighted by molar-refractivity contribution is 7.53. The molecule has 0 saturated carbocycles. The van der Waals surface area contributed by atoms with Crippen LogP contribution in [-0.2, 0) is 54.5 Å². The van der Waals surface area contributed by atoms with E-state index in [4.69, 9.17) is 36.2 Å². The second-order valence-corrected chi connectivity index (χ2v) is 21.1. The molecular weight excluding hydrogens is 846 g/mol. The van der Waals surface area contributed by atoms with Gasteiger partial charge in [0, 0.05) is 88.2 Å². The van der Waals surface area contributed by atoms with Crippen molar-refractivity contribution >= 4 is 48.9 Å². The van der Waals surface area contributed by atoms with Crippen LogP contribution >= 0.6 is 31.1 Å². The largest absolute Gasteiger partial charge is 0.472 e. The zero-order chi connectivity index (χ0) is 43.2. The molecule has 2 N–H and O–H groups in total. The summed E-state index contributed by atoms with van der Waals surface area (Å²) in [6.07, 6.45) is 0.549. The van der Waals surface area contributed by atoms with Crippen molar-refractivity contribution < 1.29 is 64.5 Å². The van der Waals surface area contributed by atoms with Gasteiger partial charge in [-0.1, -0.05) is 0 Å². The van der Waals surface area contributed by atoms with Crippen molar-refractivity contribution in [1.82, 2.24) is 29.4 Å². The summed E-state index contributed by atoms with van der Waals surface area (Å²) in [5.74, 6) is 1.26. The molecule has 3 fully saturated rings. The highest BCUT2D eigenvalue weighted by atomic mass is 31.2. The van der Waals surface area contributed by atoms with E-state index in [1.807, 2.05) is 33.7 Å². The number of likely N-dealkylation sites (N-methyl/N-ethyl adjacent to an activating group) is 6. The molecule has 27 heteroatoms. The van der Waals surface area contributed by atoms with Crippen molar-refractivity contribution in [2.75, 3.05) is 134 Å². The average molecular weight is 912 g/mol. The molecule has 3 heterocycles. The first-order valence-corrected chi connectivity index (χ1v) is 25.1. The Morgan fingerprint density at radius 2 is 0.724 bits per heavy atom. The Balaban J connectivity index is 1.61. The van der Waals surface area contributed by atoms with Gasteiger partial charge in [0.15, 0.2) is 0 Å². The molecule has 58 heavy (non-hydrogen) atoms. The Labute approximate surface area is 343 Å². The van der Waals surface area contributed by atoms with E-state index in [2.05, 4.69) is 14.3 Å². The number of aliphatic hydroxyl groups excluding tert-OH is 1. The Morgan fingerprint density at radius 1 is 0.483 bits per heavy atom. The van der Waals surface area contributed by atoms with Gasteiger partial charge in [-0.25, -0.2) is 18.3 Å². The van der Waals surface area contributed by atoms with Crippen LogP contribution in [0.15, 0.2) is 14.3 Å². The average Bonchev–Trinajstić information content (AvgIpc) is 3.73. The molecule has 3 saturated heterocycles. The Kier molecular flexibility index (Phi) is 20.1. The van der Waals surface area contributed by atoms with E-state index in [1.165, 1.54) is 0 Å². The van der Waals surface area contributed by atoms with Gasteiger partial charge in [-0.3, -0.25) is 36.2 Å².